The number of aromatic nitrogens is 4. The minimum absolute atomic E-state index is 0.692. The van der Waals surface area contributed by atoms with Crippen molar-refractivity contribution in [1.82, 2.24) is 19.9 Å². The van der Waals surface area contributed by atoms with Crippen LogP contribution >= 0.6 is 0 Å². The summed E-state index contributed by atoms with van der Waals surface area (Å²) in [4.78, 5) is 20.1. The molecule has 3 aromatic rings. The first-order valence-electron chi connectivity index (χ1n) is 7.77. The predicted molar refractivity (Wildman–Crippen MR) is 92.1 cm³/mol. The van der Waals surface area contributed by atoms with Crippen LogP contribution in [0.1, 0.15) is 13.8 Å². The molecule has 0 aliphatic rings. The van der Waals surface area contributed by atoms with Crippen LogP contribution in [0.5, 0.6) is 0 Å². The van der Waals surface area contributed by atoms with Gasteiger partial charge in [0.2, 0.25) is 0 Å². The van der Waals surface area contributed by atoms with Crippen molar-refractivity contribution in [3.8, 4) is 22.8 Å². The smallest absolute Gasteiger partial charge is 0.162 e. The largest absolute Gasteiger partial charge is 0.357 e. The second-order valence-electron chi connectivity index (χ2n) is 5.06. The molecule has 0 atom stereocenters. The highest BCUT2D eigenvalue weighted by atomic mass is 15.2. The summed E-state index contributed by atoms with van der Waals surface area (Å²) >= 11 is 0. The lowest BCUT2D eigenvalue weighted by Gasteiger charge is -2.21. The van der Waals surface area contributed by atoms with Crippen molar-refractivity contribution in [2.24, 2.45) is 0 Å². The van der Waals surface area contributed by atoms with Crippen LogP contribution in [-0.4, -0.2) is 33.0 Å². The van der Waals surface area contributed by atoms with Gasteiger partial charge in [-0.05, 0) is 38.1 Å². The molecule has 3 aromatic heterocycles. The topological polar surface area (TPSA) is 54.8 Å². The summed E-state index contributed by atoms with van der Waals surface area (Å²) in [6, 6.07) is 11.7. The Bertz CT molecular complexity index is 697. The van der Waals surface area contributed by atoms with Gasteiger partial charge in [-0.2, -0.15) is 0 Å². The lowest BCUT2D eigenvalue weighted by atomic mass is 10.2. The monoisotopic (exact) mass is 305 g/mol. The zero-order valence-electron chi connectivity index (χ0n) is 13.3. The summed E-state index contributed by atoms with van der Waals surface area (Å²) < 4.78 is 0. The van der Waals surface area contributed by atoms with E-state index in [1.807, 2.05) is 36.4 Å². The number of anilines is 1. The molecule has 0 aliphatic heterocycles. The van der Waals surface area contributed by atoms with Crippen molar-refractivity contribution in [3.63, 3.8) is 0 Å². The number of rotatable bonds is 5. The Morgan fingerprint density at radius 2 is 1.65 bits per heavy atom. The van der Waals surface area contributed by atoms with E-state index in [1.54, 1.807) is 18.6 Å². The van der Waals surface area contributed by atoms with Gasteiger partial charge in [0.15, 0.2) is 5.82 Å². The molecule has 0 saturated heterocycles. The second kappa shape index (κ2) is 6.96. The number of hydrogen-bond donors (Lipinski definition) is 0. The zero-order valence-corrected chi connectivity index (χ0v) is 13.3. The SMILES string of the molecule is CCN(CC)c1cc(-c2ccccn2)nc(-c2ccncc2)n1. The van der Waals surface area contributed by atoms with Gasteiger partial charge in [-0.15, -0.1) is 0 Å². The molecule has 0 radical (unpaired) electrons. The standard InChI is InChI=1S/C18H19N5/c1-3-23(4-2)17-13-16(15-7-5-6-10-20-15)21-18(22-17)14-8-11-19-12-9-14/h5-13H,3-4H2,1-2H3. The minimum Gasteiger partial charge on any atom is -0.357 e. The summed E-state index contributed by atoms with van der Waals surface area (Å²) in [6.45, 7) is 6.03. The molecule has 23 heavy (non-hydrogen) atoms. The molecule has 116 valence electrons. The highest BCUT2D eigenvalue weighted by molar-refractivity contribution is 5.65. The van der Waals surface area contributed by atoms with Gasteiger partial charge in [0.1, 0.15) is 5.82 Å². The Morgan fingerprint density at radius 1 is 0.870 bits per heavy atom. The first kappa shape index (κ1) is 15.1. The Morgan fingerprint density at radius 3 is 2.30 bits per heavy atom. The van der Waals surface area contributed by atoms with Crippen molar-refractivity contribution < 1.29 is 0 Å². The van der Waals surface area contributed by atoms with Crippen LogP contribution in [0.25, 0.3) is 22.8 Å². The van der Waals surface area contributed by atoms with Gasteiger partial charge in [-0.1, -0.05) is 6.07 Å². The maximum absolute atomic E-state index is 4.73. The van der Waals surface area contributed by atoms with Crippen LogP contribution < -0.4 is 4.90 Å². The predicted octanol–water partition coefficient (Wildman–Crippen LogP) is 3.45. The molecular formula is C18H19N5. The Balaban J connectivity index is 2.15. The first-order chi connectivity index (χ1) is 11.3. The molecule has 3 rings (SSSR count). The highest BCUT2D eigenvalue weighted by Crippen LogP contribution is 2.24. The van der Waals surface area contributed by atoms with Crippen LogP contribution in [0.3, 0.4) is 0 Å². The number of nitrogens with zero attached hydrogens (tertiary/aromatic N) is 5. The molecule has 3 heterocycles. The molecule has 0 unspecified atom stereocenters. The van der Waals surface area contributed by atoms with E-state index in [9.17, 15) is 0 Å². The summed E-state index contributed by atoms with van der Waals surface area (Å²) in [5.74, 6) is 1.61. The van der Waals surface area contributed by atoms with Crippen molar-refractivity contribution >= 4 is 5.82 Å². The van der Waals surface area contributed by atoms with Crippen LogP contribution in [0, 0.1) is 0 Å². The molecule has 5 nitrogen and oxygen atoms in total. The average molecular weight is 305 g/mol. The van der Waals surface area contributed by atoms with E-state index in [-0.39, 0.29) is 0 Å². The summed E-state index contributed by atoms with van der Waals surface area (Å²) in [5, 5.41) is 0. The van der Waals surface area contributed by atoms with Gasteiger partial charge in [0.05, 0.1) is 11.4 Å². The van der Waals surface area contributed by atoms with Crippen LogP contribution in [0.2, 0.25) is 0 Å². The molecule has 0 amide bonds. The molecule has 0 bridgehead atoms. The molecule has 0 aliphatic carbocycles. The van der Waals surface area contributed by atoms with Gasteiger partial charge < -0.3 is 4.90 Å². The van der Waals surface area contributed by atoms with E-state index < -0.39 is 0 Å². The molecule has 0 N–H and O–H groups in total. The average Bonchev–Trinajstić information content (AvgIpc) is 2.64. The van der Waals surface area contributed by atoms with Gasteiger partial charge in [-0.3, -0.25) is 9.97 Å². The van der Waals surface area contributed by atoms with Crippen molar-refractivity contribution in [1.29, 1.82) is 0 Å². The maximum atomic E-state index is 4.73. The molecule has 0 fully saturated rings. The fourth-order valence-electron chi connectivity index (χ4n) is 2.42. The lowest BCUT2D eigenvalue weighted by molar-refractivity contribution is 0.843. The van der Waals surface area contributed by atoms with E-state index in [1.165, 1.54) is 0 Å². The van der Waals surface area contributed by atoms with Gasteiger partial charge >= 0.3 is 0 Å². The van der Waals surface area contributed by atoms with Crippen LogP contribution in [0.15, 0.2) is 55.0 Å². The fourth-order valence-corrected chi connectivity index (χ4v) is 2.42. The summed E-state index contributed by atoms with van der Waals surface area (Å²) in [5.41, 5.74) is 2.62. The van der Waals surface area contributed by atoms with E-state index in [4.69, 9.17) is 9.97 Å². The molecule has 0 spiro atoms. The van der Waals surface area contributed by atoms with Gasteiger partial charge in [0.25, 0.3) is 0 Å². The molecule has 0 aromatic carbocycles. The molecular weight excluding hydrogens is 286 g/mol. The Hall–Kier alpha value is -2.82. The molecule has 0 saturated carbocycles. The van der Waals surface area contributed by atoms with Crippen LogP contribution in [-0.2, 0) is 0 Å². The minimum atomic E-state index is 0.692. The van der Waals surface area contributed by atoms with Crippen molar-refractivity contribution in [2.45, 2.75) is 13.8 Å². The number of pyridine rings is 2. The van der Waals surface area contributed by atoms with E-state index >= 15 is 0 Å². The normalized spacial score (nSPS) is 10.5. The quantitative estimate of drug-likeness (QED) is 0.722. The van der Waals surface area contributed by atoms with E-state index in [0.29, 0.717) is 5.82 Å². The van der Waals surface area contributed by atoms with E-state index in [0.717, 1.165) is 35.9 Å². The van der Waals surface area contributed by atoms with Crippen molar-refractivity contribution in [2.75, 3.05) is 18.0 Å². The van der Waals surface area contributed by atoms with Crippen LogP contribution in [0.4, 0.5) is 5.82 Å². The second-order valence-corrected chi connectivity index (χ2v) is 5.06. The maximum Gasteiger partial charge on any atom is 0.162 e. The Kier molecular flexibility index (Phi) is 4.57. The molecule has 5 heteroatoms. The summed E-state index contributed by atoms with van der Waals surface area (Å²) in [6.07, 6.45) is 5.28. The van der Waals surface area contributed by atoms with Gasteiger partial charge in [-0.25, -0.2) is 9.97 Å². The highest BCUT2D eigenvalue weighted by Gasteiger charge is 2.12. The lowest BCUT2D eigenvalue weighted by Crippen LogP contribution is -2.23. The van der Waals surface area contributed by atoms with Crippen molar-refractivity contribution in [3.05, 3.63) is 55.0 Å². The summed E-state index contributed by atoms with van der Waals surface area (Å²) in [7, 11) is 0. The third-order valence-electron chi connectivity index (χ3n) is 3.67. The Labute approximate surface area is 136 Å². The number of hydrogen-bond acceptors (Lipinski definition) is 5. The van der Waals surface area contributed by atoms with E-state index in [2.05, 4.69) is 28.7 Å². The third-order valence-corrected chi connectivity index (χ3v) is 3.67. The van der Waals surface area contributed by atoms with Gasteiger partial charge in [0, 0.05) is 43.3 Å². The zero-order chi connectivity index (χ0) is 16.1. The first-order valence-corrected chi connectivity index (χ1v) is 7.77. The fraction of sp³-hybridized carbons (Fsp3) is 0.222. The third kappa shape index (κ3) is 3.34.